The highest BCUT2D eigenvalue weighted by molar-refractivity contribution is 7.90. The lowest BCUT2D eigenvalue weighted by atomic mass is 10.3. The number of para-hydroxylation sites is 1. The van der Waals surface area contributed by atoms with E-state index in [-0.39, 0.29) is 11.4 Å². The van der Waals surface area contributed by atoms with E-state index in [0.29, 0.717) is 6.42 Å². The van der Waals surface area contributed by atoms with Crippen LogP contribution in [0.1, 0.15) is 13.3 Å². The maximum absolute atomic E-state index is 13.2. The fourth-order valence-corrected chi connectivity index (χ4v) is 2.98. The molecule has 0 saturated heterocycles. The van der Waals surface area contributed by atoms with Crippen LogP contribution in [-0.2, 0) is 10.0 Å². The lowest BCUT2D eigenvalue weighted by molar-refractivity contribution is -0.119. The number of halogens is 3. The molecule has 0 bridgehead atoms. The third-order valence-corrected chi connectivity index (χ3v) is 3.95. The lowest BCUT2D eigenvalue weighted by Gasteiger charge is -2.33. The van der Waals surface area contributed by atoms with Gasteiger partial charge in [0.25, 0.3) is 10.0 Å². The quantitative estimate of drug-likeness (QED) is 0.851. The van der Waals surface area contributed by atoms with E-state index in [1.807, 2.05) is 4.72 Å². The van der Waals surface area contributed by atoms with Gasteiger partial charge in [-0.2, -0.15) is 0 Å². The van der Waals surface area contributed by atoms with Crippen LogP contribution in [0.4, 0.5) is 18.9 Å². The van der Waals surface area contributed by atoms with Crippen LogP contribution >= 0.6 is 0 Å². The van der Waals surface area contributed by atoms with Crippen LogP contribution in [0.15, 0.2) is 34.2 Å². The van der Waals surface area contributed by atoms with Gasteiger partial charge in [-0.25, -0.2) is 18.0 Å². The van der Waals surface area contributed by atoms with Crippen molar-refractivity contribution in [2.24, 2.45) is 4.99 Å². The highest BCUT2D eigenvalue weighted by Gasteiger charge is 2.47. The molecule has 0 amide bonds. The second-order valence-electron chi connectivity index (χ2n) is 4.08. The van der Waals surface area contributed by atoms with E-state index < -0.39 is 32.9 Å². The molecule has 110 valence electrons. The smallest absolute Gasteiger partial charge is 0.252 e. The van der Waals surface area contributed by atoms with Gasteiger partial charge in [0.1, 0.15) is 4.90 Å². The van der Waals surface area contributed by atoms with Gasteiger partial charge < -0.3 is 0 Å². The number of nitrogens with one attached hydrogen (secondary N) is 1. The number of guanidine groups is 1. The van der Waals surface area contributed by atoms with Crippen molar-refractivity contribution in [1.29, 1.82) is 0 Å². The van der Waals surface area contributed by atoms with Gasteiger partial charge in [-0.05, 0) is 18.6 Å². The first-order valence-electron chi connectivity index (χ1n) is 5.80. The van der Waals surface area contributed by atoms with Crippen molar-refractivity contribution < 1.29 is 21.6 Å². The van der Waals surface area contributed by atoms with E-state index in [0.717, 1.165) is 12.1 Å². The van der Waals surface area contributed by atoms with Gasteiger partial charge in [-0.15, -0.1) is 13.2 Å². The van der Waals surface area contributed by atoms with E-state index in [4.69, 9.17) is 0 Å². The zero-order valence-electron chi connectivity index (χ0n) is 10.5. The molecule has 20 heavy (non-hydrogen) atoms. The number of benzene rings is 1. The Bertz CT molecular complexity index is 641. The fourth-order valence-electron chi connectivity index (χ4n) is 1.78. The number of aliphatic imine (C=N–C) groups is 1. The maximum atomic E-state index is 13.2. The zero-order chi connectivity index (χ0) is 15.0. The largest absolute Gasteiger partial charge is 0.491 e. The molecule has 0 aromatic heterocycles. The third kappa shape index (κ3) is 2.58. The maximum Gasteiger partial charge on any atom is 0.491 e. The van der Waals surface area contributed by atoms with Crippen LogP contribution in [0, 0.1) is 0 Å². The number of anilines is 1. The molecule has 5 nitrogen and oxygen atoms in total. The Balaban J connectivity index is 2.65. The molecule has 0 radical (unpaired) electrons. The predicted octanol–water partition coefficient (Wildman–Crippen LogP) is 2.07. The first-order valence-corrected chi connectivity index (χ1v) is 7.29. The molecule has 0 spiro atoms. The minimum atomic E-state index is -4.77. The first kappa shape index (κ1) is 14.6. The average molecular weight is 307 g/mol. The van der Waals surface area contributed by atoms with Gasteiger partial charge >= 0.3 is 6.30 Å². The van der Waals surface area contributed by atoms with Crippen LogP contribution in [0.3, 0.4) is 0 Å². The number of alkyl halides is 3. The summed E-state index contributed by atoms with van der Waals surface area (Å²) in [5, 5.41) is 0. The Hall–Kier alpha value is -1.77. The van der Waals surface area contributed by atoms with Crippen LogP contribution in [0.2, 0.25) is 0 Å². The summed E-state index contributed by atoms with van der Waals surface area (Å²) in [5.74, 6) is -0.724. The molecular weight excluding hydrogens is 295 g/mol. The highest BCUT2D eigenvalue weighted by Crippen LogP contribution is 2.36. The summed E-state index contributed by atoms with van der Waals surface area (Å²) in [6.07, 6.45) is -4.27. The van der Waals surface area contributed by atoms with Crippen LogP contribution in [-0.4, -0.2) is 27.2 Å². The van der Waals surface area contributed by atoms with Crippen LogP contribution in [0.5, 0.6) is 0 Å². The molecule has 0 unspecified atom stereocenters. The van der Waals surface area contributed by atoms with Crippen molar-refractivity contribution in [3.05, 3.63) is 24.3 Å². The number of hydrogen-bond donors (Lipinski definition) is 1. The van der Waals surface area contributed by atoms with Gasteiger partial charge in [0, 0.05) is 6.54 Å². The number of nitrogens with zero attached hydrogens (tertiary/aromatic N) is 2. The van der Waals surface area contributed by atoms with E-state index in [2.05, 4.69) is 4.99 Å². The zero-order valence-corrected chi connectivity index (χ0v) is 11.3. The molecule has 1 aromatic rings. The second kappa shape index (κ2) is 4.97. The molecule has 0 atom stereocenters. The summed E-state index contributed by atoms with van der Waals surface area (Å²) in [4.78, 5) is 3.20. The Kier molecular flexibility index (Phi) is 3.63. The molecule has 1 aliphatic heterocycles. The van der Waals surface area contributed by atoms with E-state index in [9.17, 15) is 21.6 Å². The van der Waals surface area contributed by atoms with Gasteiger partial charge in [-0.3, -0.25) is 4.99 Å². The van der Waals surface area contributed by atoms with Crippen LogP contribution in [0.25, 0.3) is 0 Å². The highest BCUT2D eigenvalue weighted by atomic mass is 32.2. The minimum Gasteiger partial charge on any atom is -0.252 e. The Morgan fingerprint density at radius 3 is 2.55 bits per heavy atom. The molecule has 0 aliphatic carbocycles. The van der Waals surface area contributed by atoms with E-state index in [1.54, 1.807) is 6.92 Å². The van der Waals surface area contributed by atoms with Gasteiger partial charge in [0.15, 0.2) is 0 Å². The van der Waals surface area contributed by atoms with Gasteiger partial charge in [0.05, 0.1) is 5.69 Å². The SMILES string of the molecule is CCCN=C1NS(=O)(=O)c2ccccc2N1C(F)(F)F. The molecule has 1 N–H and O–H groups in total. The Morgan fingerprint density at radius 1 is 1.30 bits per heavy atom. The normalized spacial score (nSPS) is 19.6. The minimum absolute atomic E-state index is 0.0565. The monoisotopic (exact) mass is 307 g/mol. The lowest BCUT2D eigenvalue weighted by Crippen LogP contribution is -2.55. The Labute approximate surface area is 114 Å². The standard InChI is InChI=1S/C11H12F3N3O2S/c1-2-7-15-10-16-20(18,19)9-6-4-3-5-8(9)17(10)11(12,13)14/h3-6H,2,7H2,1H3,(H,15,16). The van der Waals surface area contributed by atoms with Crippen molar-refractivity contribution in [3.63, 3.8) is 0 Å². The van der Waals surface area contributed by atoms with Crippen molar-refractivity contribution in [2.45, 2.75) is 24.5 Å². The van der Waals surface area contributed by atoms with Gasteiger partial charge in [0.2, 0.25) is 5.96 Å². The van der Waals surface area contributed by atoms with Gasteiger partial charge in [-0.1, -0.05) is 19.1 Å². The molecule has 0 saturated carbocycles. The third-order valence-electron chi connectivity index (χ3n) is 2.57. The average Bonchev–Trinajstić information content (AvgIpc) is 2.34. The molecule has 1 heterocycles. The van der Waals surface area contributed by atoms with E-state index in [1.165, 1.54) is 12.1 Å². The number of rotatable bonds is 2. The Morgan fingerprint density at radius 2 is 1.95 bits per heavy atom. The first-order chi connectivity index (χ1) is 9.27. The summed E-state index contributed by atoms with van der Waals surface area (Å²) >= 11 is 0. The summed E-state index contributed by atoms with van der Waals surface area (Å²) < 4.78 is 65.2. The summed E-state index contributed by atoms with van der Waals surface area (Å²) in [6, 6.07) is 4.92. The van der Waals surface area contributed by atoms with Crippen molar-refractivity contribution in [1.82, 2.24) is 4.72 Å². The predicted molar refractivity (Wildman–Crippen MR) is 67.9 cm³/mol. The summed E-state index contributed by atoms with van der Waals surface area (Å²) in [6.45, 7) is 1.82. The topological polar surface area (TPSA) is 61.8 Å². The fraction of sp³-hybridized carbons (Fsp3) is 0.364. The molecule has 1 aromatic carbocycles. The number of hydrogen-bond acceptors (Lipinski definition) is 3. The van der Waals surface area contributed by atoms with Crippen LogP contribution < -0.4 is 9.62 Å². The number of fused-ring (bicyclic) bond motifs is 1. The summed E-state index contributed by atoms with van der Waals surface area (Å²) in [7, 11) is -4.04. The second-order valence-corrected chi connectivity index (χ2v) is 5.73. The molecular formula is C11H12F3N3O2S. The molecule has 2 rings (SSSR count). The number of sulfonamides is 1. The summed E-state index contributed by atoms with van der Waals surface area (Å²) in [5.41, 5.74) is -0.450. The van der Waals surface area contributed by atoms with E-state index >= 15 is 0 Å². The molecule has 0 fully saturated rings. The van der Waals surface area contributed by atoms with Crippen molar-refractivity contribution in [2.75, 3.05) is 11.4 Å². The van der Waals surface area contributed by atoms with Crippen molar-refractivity contribution >= 4 is 21.7 Å². The van der Waals surface area contributed by atoms with Crippen molar-refractivity contribution in [3.8, 4) is 0 Å². The molecule has 9 heteroatoms. The molecule has 1 aliphatic rings.